The number of aromatic nitrogens is 1. The van der Waals surface area contributed by atoms with Crippen LogP contribution in [0.5, 0.6) is 11.5 Å². The van der Waals surface area contributed by atoms with Crippen LogP contribution in [0.2, 0.25) is 5.15 Å². The second-order valence-corrected chi connectivity index (χ2v) is 7.55. The predicted octanol–water partition coefficient (Wildman–Crippen LogP) is 4.44. The van der Waals surface area contributed by atoms with Crippen molar-refractivity contribution in [1.82, 2.24) is 4.98 Å². The zero-order valence-electron chi connectivity index (χ0n) is 14.3. The second-order valence-electron chi connectivity index (χ2n) is 7.19. The van der Waals surface area contributed by atoms with Crippen molar-refractivity contribution in [2.45, 2.75) is 39.3 Å². The lowest BCUT2D eigenvalue weighted by molar-refractivity contribution is 0.228. The zero-order chi connectivity index (χ0) is 17.3. The third kappa shape index (κ3) is 3.82. The second kappa shape index (κ2) is 6.61. The number of pyridine rings is 1. The number of nitrogens with two attached hydrogens (primary N) is 1. The molecular formula is C19H23ClN2O2. The Hall–Kier alpha value is -1.78. The molecule has 1 atom stereocenters. The van der Waals surface area contributed by atoms with Crippen LogP contribution in [-0.2, 0) is 6.61 Å². The van der Waals surface area contributed by atoms with Crippen LogP contribution in [0.25, 0.3) is 11.1 Å². The van der Waals surface area contributed by atoms with Gasteiger partial charge in [-0.15, -0.1) is 0 Å². The number of rotatable bonds is 5. The molecule has 0 fully saturated rings. The van der Waals surface area contributed by atoms with E-state index in [1.807, 2.05) is 32.0 Å². The monoisotopic (exact) mass is 346 g/mol. The quantitative estimate of drug-likeness (QED) is 0.813. The van der Waals surface area contributed by atoms with E-state index in [4.69, 9.17) is 26.8 Å². The van der Waals surface area contributed by atoms with E-state index in [0.717, 1.165) is 28.9 Å². The van der Waals surface area contributed by atoms with Gasteiger partial charge in [0.05, 0.1) is 6.61 Å². The number of halogens is 1. The van der Waals surface area contributed by atoms with Gasteiger partial charge in [-0.25, -0.2) is 4.98 Å². The Labute approximate surface area is 147 Å². The summed E-state index contributed by atoms with van der Waals surface area (Å²) in [6.45, 7) is 7.35. The lowest BCUT2D eigenvalue weighted by Gasteiger charge is -2.24. The fourth-order valence-electron chi connectivity index (χ4n) is 3.16. The van der Waals surface area contributed by atoms with Crippen LogP contribution >= 0.6 is 11.6 Å². The molecule has 4 nitrogen and oxygen atoms in total. The smallest absolute Gasteiger partial charge is 0.171 e. The maximum absolute atomic E-state index is 6.11. The van der Waals surface area contributed by atoms with Crippen LogP contribution in [0.15, 0.2) is 30.5 Å². The van der Waals surface area contributed by atoms with Crippen LogP contribution in [0.1, 0.15) is 32.8 Å². The van der Waals surface area contributed by atoms with Gasteiger partial charge in [-0.3, -0.25) is 0 Å². The average molecular weight is 347 g/mol. The Balaban J connectivity index is 1.74. The summed E-state index contributed by atoms with van der Waals surface area (Å²) in [4.78, 5) is 4.07. The molecule has 0 saturated carbocycles. The van der Waals surface area contributed by atoms with Crippen molar-refractivity contribution < 1.29 is 9.47 Å². The first kappa shape index (κ1) is 17.1. The van der Waals surface area contributed by atoms with Crippen molar-refractivity contribution in [2.24, 2.45) is 11.7 Å². The fourth-order valence-corrected chi connectivity index (χ4v) is 3.37. The Bertz CT molecular complexity index is 741. The molecule has 3 rings (SSSR count). The summed E-state index contributed by atoms with van der Waals surface area (Å²) in [5.74, 6) is 1.89. The van der Waals surface area contributed by atoms with E-state index in [-0.39, 0.29) is 5.54 Å². The number of hydrogen-bond donors (Lipinski definition) is 1. The van der Waals surface area contributed by atoms with Gasteiger partial charge in [0.25, 0.3) is 0 Å². The van der Waals surface area contributed by atoms with E-state index < -0.39 is 0 Å². The van der Waals surface area contributed by atoms with Crippen LogP contribution in [0.3, 0.4) is 0 Å². The molecule has 1 aliphatic rings. The van der Waals surface area contributed by atoms with E-state index in [0.29, 0.717) is 30.0 Å². The highest BCUT2D eigenvalue weighted by Gasteiger charge is 2.21. The summed E-state index contributed by atoms with van der Waals surface area (Å²) in [5, 5.41) is 0.400. The molecule has 0 spiro atoms. The maximum Gasteiger partial charge on any atom is 0.171 e. The van der Waals surface area contributed by atoms with Crippen LogP contribution in [0.4, 0.5) is 0 Å². The molecule has 0 unspecified atom stereocenters. The van der Waals surface area contributed by atoms with Gasteiger partial charge in [0, 0.05) is 22.9 Å². The first-order valence-corrected chi connectivity index (χ1v) is 8.53. The number of ether oxygens (including phenoxy) is 2. The van der Waals surface area contributed by atoms with Crippen molar-refractivity contribution in [3.8, 4) is 22.6 Å². The Morgan fingerprint density at radius 1 is 1.33 bits per heavy atom. The molecule has 2 N–H and O–H groups in total. The minimum Gasteiger partial charge on any atom is -0.493 e. The molecule has 0 bridgehead atoms. The first-order valence-electron chi connectivity index (χ1n) is 8.16. The molecule has 2 aromatic rings. The fraction of sp³-hybridized carbons (Fsp3) is 0.421. The summed E-state index contributed by atoms with van der Waals surface area (Å²) in [6.07, 6.45) is 2.61. The van der Waals surface area contributed by atoms with Crippen molar-refractivity contribution in [3.05, 3.63) is 41.2 Å². The van der Waals surface area contributed by atoms with E-state index >= 15 is 0 Å². The van der Waals surface area contributed by atoms with Gasteiger partial charge in [0.1, 0.15) is 12.4 Å². The number of nitrogens with zero attached hydrogens (tertiary/aromatic N) is 1. The van der Waals surface area contributed by atoms with E-state index in [9.17, 15) is 0 Å². The Morgan fingerprint density at radius 3 is 2.88 bits per heavy atom. The highest BCUT2D eigenvalue weighted by molar-refractivity contribution is 6.31. The lowest BCUT2D eigenvalue weighted by Crippen LogP contribution is -2.35. The molecule has 1 aromatic carbocycles. The van der Waals surface area contributed by atoms with Gasteiger partial charge >= 0.3 is 0 Å². The van der Waals surface area contributed by atoms with Crippen molar-refractivity contribution >= 4 is 11.6 Å². The molecule has 0 aliphatic carbocycles. The van der Waals surface area contributed by atoms with E-state index in [1.54, 1.807) is 6.20 Å². The number of benzene rings is 1. The van der Waals surface area contributed by atoms with E-state index in [2.05, 4.69) is 18.0 Å². The molecule has 0 saturated heterocycles. The molecule has 1 aromatic heterocycles. The molecule has 0 amide bonds. The van der Waals surface area contributed by atoms with Crippen LogP contribution < -0.4 is 15.2 Å². The third-order valence-electron chi connectivity index (χ3n) is 4.01. The van der Waals surface area contributed by atoms with Gasteiger partial charge in [0.15, 0.2) is 10.9 Å². The topological polar surface area (TPSA) is 57.4 Å². The average Bonchev–Trinajstić information content (AvgIpc) is 2.51. The van der Waals surface area contributed by atoms with Gasteiger partial charge in [-0.05, 0) is 49.9 Å². The third-order valence-corrected chi connectivity index (χ3v) is 4.28. The summed E-state index contributed by atoms with van der Waals surface area (Å²) >= 11 is 6.11. The Morgan fingerprint density at radius 2 is 2.12 bits per heavy atom. The molecule has 128 valence electrons. The van der Waals surface area contributed by atoms with Crippen molar-refractivity contribution in [1.29, 1.82) is 0 Å². The summed E-state index contributed by atoms with van der Waals surface area (Å²) in [5.41, 5.74) is 9.07. The zero-order valence-corrected chi connectivity index (χ0v) is 15.1. The minimum absolute atomic E-state index is 0.177. The highest BCUT2D eigenvalue weighted by Crippen LogP contribution is 2.41. The van der Waals surface area contributed by atoms with Crippen molar-refractivity contribution in [2.75, 3.05) is 6.61 Å². The molecule has 1 aliphatic heterocycles. The summed E-state index contributed by atoms with van der Waals surface area (Å²) < 4.78 is 11.7. The summed E-state index contributed by atoms with van der Waals surface area (Å²) in [6, 6.07) is 8.00. The standard InChI is InChI=1S/C19H23ClN2O2/c1-12(9-19(2,3)21)10-23-14-4-5-15-13(8-14)11-24-17-16(15)6-7-22-18(17)20/h4-8,12H,9-11,21H2,1-3H3/t12-/m0/s1. The molecule has 0 radical (unpaired) electrons. The highest BCUT2D eigenvalue weighted by atomic mass is 35.5. The van der Waals surface area contributed by atoms with Gasteiger partial charge in [0.2, 0.25) is 0 Å². The number of hydrogen-bond acceptors (Lipinski definition) is 4. The first-order chi connectivity index (χ1) is 11.3. The Kier molecular flexibility index (Phi) is 4.70. The predicted molar refractivity (Wildman–Crippen MR) is 96.6 cm³/mol. The molecular weight excluding hydrogens is 324 g/mol. The van der Waals surface area contributed by atoms with Gasteiger partial charge in [-0.1, -0.05) is 24.6 Å². The van der Waals surface area contributed by atoms with Crippen LogP contribution in [-0.4, -0.2) is 17.1 Å². The molecule has 2 heterocycles. The SMILES string of the molecule is C[C@H](COc1ccc2c(c1)COc1c-2ccnc1Cl)CC(C)(C)N. The lowest BCUT2D eigenvalue weighted by atomic mass is 9.93. The van der Waals surface area contributed by atoms with Gasteiger partial charge in [-0.2, -0.15) is 0 Å². The minimum atomic E-state index is -0.177. The van der Waals surface area contributed by atoms with Gasteiger partial charge < -0.3 is 15.2 Å². The normalized spacial score (nSPS) is 14.4. The summed E-state index contributed by atoms with van der Waals surface area (Å²) in [7, 11) is 0. The van der Waals surface area contributed by atoms with Crippen LogP contribution in [0, 0.1) is 5.92 Å². The number of fused-ring (bicyclic) bond motifs is 3. The molecule has 5 heteroatoms. The van der Waals surface area contributed by atoms with Crippen molar-refractivity contribution in [3.63, 3.8) is 0 Å². The van der Waals surface area contributed by atoms with E-state index in [1.165, 1.54) is 0 Å². The largest absolute Gasteiger partial charge is 0.493 e. The molecule has 24 heavy (non-hydrogen) atoms. The maximum atomic E-state index is 6.11.